The Bertz CT molecular complexity index is 1830. The summed E-state index contributed by atoms with van der Waals surface area (Å²) < 4.78 is 6.74. The molecule has 0 saturated carbocycles. The molecule has 0 atom stereocenters. The summed E-state index contributed by atoms with van der Waals surface area (Å²) in [5.74, 6) is 1.59. The summed E-state index contributed by atoms with van der Waals surface area (Å²) in [5.41, 5.74) is 10.8. The van der Waals surface area contributed by atoms with Crippen LogP contribution in [0.3, 0.4) is 0 Å². The quantitative estimate of drug-likeness (QED) is 0.163. The van der Waals surface area contributed by atoms with E-state index in [0.29, 0.717) is 32.3 Å². The van der Waals surface area contributed by atoms with Gasteiger partial charge in [-0.25, -0.2) is 0 Å². The minimum atomic E-state index is -0.180. The third-order valence-corrected chi connectivity index (χ3v) is 10.8. The summed E-state index contributed by atoms with van der Waals surface area (Å²) >= 11 is 0. The van der Waals surface area contributed by atoms with Crippen molar-refractivity contribution < 1.29 is 20.1 Å². The van der Waals surface area contributed by atoms with E-state index < -0.39 is 0 Å². The lowest BCUT2D eigenvalue weighted by Crippen LogP contribution is -2.16. The second-order valence-corrected chi connectivity index (χ2v) is 19.5. The monoisotopic (exact) mass is 704 g/mol. The van der Waals surface area contributed by atoms with Crippen LogP contribution in [0, 0.1) is 0 Å². The Labute approximate surface area is 314 Å². The van der Waals surface area contributed by atoms with Gasteiger partial charge in [0.25, 0.3) is 0 Å². The molecule has 4 aromatic rings. The van der Waals surface area contributed by atoms with Gasteiger partial charge in [0.1, 0.15) is 23.0 Å². The number of phenolic OH excluding ortho intramolecular Hbond substituents is 3. The Morgan fingerprint density at radius 1 is 0.423 bits per heavy atom. The maximum Gasteiger partial charge on any atom is 0.126 e. The molecule has 280 valence electrons. The van der Waals surface area contributed by atoms with E-state index in [1.807, 2.05) is 0 Å². The molecule has 0 saturated heterocycles. The average molecular weight is 705 g/mol. The fraction of sp³-hybridized carbons (Fsp3) is 0.500. The minimum Gasteiger partial charge on any atom is -0.507 e. The number of rotatable bonds is 4. The Hall–Kier alpha value is -3.92. The number of benzene rings is 4. The van der Waals surface area contributed by atoms with E-state index in [9.17, 15) is 15.3 Å². The van der Waals surface area contributed by atoms with Crippen LogP contribution in [-0.2, 0) is 47.3 Å². The van der Waals surface area contributed by atoms with Crippen molar-refractivity contribution in [2.24, 2.45) is 0 Å². The molecule has 0 fully saturated rings. The van der Waals surface area contributed by atoms with Crippen molar-refractivity contribution in [2.45, 2.75) is 150 Å². The zero-order valence-corrected chi connectivity index (χ0v) is 34.3. The van der Waals surface area contributed by atoms with Crippen molar-refractivity contribution in [1.82, 2.24) is 0 Å². The number of fused-ring (bicyclic) bond motifs is 8. The Kier molecular flexibility index (Phi) is 10.7. The number of aromatic hydroxyl groups is 3. The summed E-state index contributed by atoms with van der Waals surface area (Å²) in [7, 11) is 0. The second kappa shape index (κ2) is 14.1. The molecule has 52 heavy (non-hydrogen) atoms. The highest BCUT2D eigenvalue weighted by Gasteiger charge is 2.28. The first-order valence-corrected chi connectivity index (χ1v) is 19.3. The van der Waals surface area contributed by atoms with Crippen molar-refractivity contribution in [3.8, 4) is 23.0 Å². The highest BCUT2D eigenvalue weighted by Crippen LogP contribution is 2.43. The Balaban J connectivity index is 1.91. The van der Waals surface area contributed by atoms with Gasteiger partial charge in [0.05, 0.1) is 6.61 Å². The lowest BCUT2D eigenvalue weighted by atomic mass is 9.79. The number of ether oxygens (including phenoxy) is 1. The van der Waals surface area contributed by atoms with Crippen LogP contribution in [0.5, 0.6) is 23.0 Å². The third-order valence-electron chi connectivity index (χ3n) is 10.8. The summed E-state index contributed by atoms with van der Waals surface area (Å²) in [6.07, 6.45) is 3.67. The van der Waals surface area contributed by atoms with E-state index in [2.05, 4.69) is 139 Å². The van der Waals surface area contributed by atoms with Gasteiger partial charge in [-0.1, -0.05) is 145 Å². The van der Waals surface area contributed by atoms with Crippen LogP contribution in [0.25, 0.3) is 0 Å². The molecule has 0 radical (unpaired) electrons. The van der Waals surface area contributed by atoms with Crippen LogP contribution < -0.4 is 4.74 Å². The van der Waals surface area contributed by atoms with E-state index in [1.165, 1.54) is 5.56 Å². The maximum absolute atomic E-state index is 12.2. The van der Waals surface area contributed by atoms with Gasteiger partial charge < -0.3 is 20.1 Å². The fourth-order valence-corrected chi connectivity index (χ4v) is 7.16. The molecular formula is C48H64O4. The summed E-state index contributed by atoms with van der Waals surface area (Å²) in [6, 6.07) is 17.3. The molecule has 5 rings (SSSR count). The summed E-state index contributed by atoms with van der Waals surface area (Å²) in [5, 5.41) is 36.3. The topological polar surface area (TPSA) is 69.9 Å². The van der Waals surface area contributed by atoms with Crippen LogP contribution in [0.4, 0.5) is 0 Å². The average Bonchev–Trinajstić information content (AvgIpc) is 3.01. The fourth-order valence-electron chi connectivity index (χ4n) is 7.16. The number of unbranched alkanes of at least 4 members (excludes halogenated alkanes) is 1. The second-order valence-electron chi connectivity index (χ2n) is 19.5. The molecule has 4 nitrogen and oxygen atoms in total. The van der Waals surface area contributed by atoms with E-state index in [0.717, 1.165) is 79.8 Å². The van der Waals surface area contributed by atoms with Crippen molar-refractivity contribution >= 4 is 0 Å². The molecule has 0 aromatic heterocycles. The molecule has 8 bridgehead atoms. The predicted molar refractivity (Wildman–Crippen MR) is 217 cm³/mol. The highest BCUT2D eigenvalue weighted by atomic mass is 16.5. The summed E-state index contributed by atoms with van der Waals surface area (Å²) in [6.45, 7) is 29.3. The van der Waals surface area contributed by atoms with Crippen molar-refractivity contribution in [1.29, 1.82) is 0 Å². The molecule has 4 aromatic carbocycles. The maximum atomic E-state index is 12.2. The van der Waals surface area contributed by atoms with Crippen LogP contribution >= 0.6 is 0 Å². The molecule has 0 aliphatic heterocycles. The Morgan fingerprint density at radius 2 is 0.654 bits per heavy atom. The van der Waals surface area contributed by atoms with Gasteiger partial charge in [-0.15, -0.1) is 0 Å². The molecule has 1 aliphatic rings. The zero-order chi connectivity index (χ0) is 38.6. The molecule has 3 N–H and O–H groups in total. The van der Waals surface area contributed by atoms with Crippen molar-refractivity contribution in [3.63, 3.8) is 0 Å². The first-order valence-electron chi connectivity index (χ1n) is 19.3. The van der Waals surface area contributed by atoms with Crippen LogP contribution in [0.2, 0.25) is 0 Å². The van der Waals surface area contributed by atoms with Gasteiger partial charge in [0.2, 0.25) is 0 Å². The highest BCUT2D eigenvalue weighted by molar-refractivity contribution is 5.59. The largest absolute Gasteiger partial charge is 0.507 e. The zero-order valence-electron chi connectivity index (χ0n) is 34.3. The van der Waals surface area contributed by atoms with E-state index in [-0.39, 0.29) is 38.9 Å². The predicted octanol–water partition coefficient (Wildman–Crippen LogP) is 11.8. The van der Waals surface area contributed by atoms with Crippen LogP contribution in [0.1, 0.15) is 170 Å². The molecule has 1 aliphatic carbocycles. The number of hydrogen-bond donors (Lipinski definition) is 3. The lowest BCUT2D eigenvalue weighted by molar-refractivity contribution is 0.303. The smallest absolute Gasteiger partial charge is 0.126 e. The molecule has 0 amide bonds. The van der Waals surface area contributed by atoms with Gasteiger partial charge in [0, 0.05) is 25.7 Å². The lowest BCUT2D eigenvalue weighted by Gasteiger charge is -2.27. The summed E-state index contributed by atoms with van der Waals surface area (Å²) in [4.78, 5) is 0. The van der Waals surface area contributed by atoms with Gasteiger partial charge in [-0.2, -0.15) is 0 Å². The van der Waals surface area contributed by atoms with E-state index >= 15 is 0 Å². The van der Waals surface area contributed by atoms with Gasteiger partial charge in [0.15, 0.2) is 0 Å². The molecule has 0 unspecified atom stereocenters. The van der Waals surface area contributed by atoms with Gasteiger partial charge in [-0.05, 0) is 94.8 Å². The van der Waals surface area contributed by atoms with Crippen LogP contribution in [0.15, 0.2) is 48.5 Å². The third kappa shape index (κ3) is 8.48. The van der Waals surface area contributed by atoms with E-state index in [1.54, 1.807) is 0 Å². The standard InChI is InChI=1S/C48H64O4/c1-14-15-16-52-44-35-19-33-25-38(46(5,6)7)23-31(42(33)50)17-29-21-37(45(2,3)4)22-30(41(29)49)18-32-24-39(47(8,9)10)26-34(43(32)51)20-36(44)28-40(27-35)48(11,12)13/h21-28,49-51H,14-20H2,1-13H3. The first-order chi connectivity index (χ1) is 24.0. The van der Waals surface area contributed by atoms with Crippen molar-refractivity contribution in [3.05, 3.63) is 115 Å². The number of phenols is 3. The molecule has 4 heteroatoms. The number of hydrogen-bond acceptors (Lipinski definition) is 4. The SMILES string of the molecule is CCCCOc1c2cc(C(C)(C)C)cc1Cc1cc(C(C)(C)C)cc(c1O)Cc1cc(C(C)(C)C)cc(c1O)Cc1cc(C(C)(C)C)cc(c1O)C2. The van der Waals surface area contributed by atoms with Gasteiger partial charge in [-0.3, -0.25) is 0 Å². The normalized spacial score (nSPS) is 14.0. The molecule has 0 spiro atoms. The molecule has 0 heterocycles. The Morgan fingerprint density at radius 3 is 0.885 bits per heavy atom. The van der Waals surface area contributed by atoms with E-state index in [4.69, 9.17) is 4.74 Å². The van der Waals surface area contributed by atoms with Crippen LogP contribution in [-0.4, -0.2) is 21.9 Å². The molecular weight excluding hydrogens is 641 g/mol. The van der Waals surface area contributed by atoms with Gasteiger partial charge >= 0.3 is 0 Å². The van der Waals surface area contributed by atoms with Crippen molar-refractivity contribution in [2.75, 3.05) is 6.61 Å². The minimum absolute atomic E-state index is 0.141. The first kappa shape index (κ1) is 39.3.